The van der Waals surface area contributed by atoms with E-state index in [1.807, 2.05) is 27.7 Å². The summed E-state index contributed by atoms with van der Waals surface area (Å²) in [7, 11) is 0. The average molecular weight is 875 g/mol. The number of likely N-dealkylation sites (N-methyl/N-ethyl adjacent to an activating group) is 2. The number of carbonyl (C=O) groups excluding carboxylic acids is 2. The average Bonchev–Trinajstić information content (AvgIpc) is 3.18. The summed E-state index contributed by atoms with van der Waals surface area (Å²) >= 11 is 0. The van der Waals surface area contributed by atoms with E-state index in [1.165, 1.54) is 0 Å². The molecule has 0 saturated carbocycles. The highest BCUT2D eigenvalue weighted by Gasteiger charge is 2.29. The van der Waals surface area contributed by atoms with Crippen LogP contribution in [-0.2, 0) is 56.9 Å². The monoisotopic (exact) mass is 875 g/mol. The molecule has 4 aromatic carbocycles. The van der Waals surface area contributed by atoms with Crippen molar-refractivity contribution in [3.05, 3.63) is 115 Å². The molecule has 348 valence electrons. The first kappa shape index (κ1) is 50.0. The lowest BCUT2D eigenvalue weighted by molar-refractivity contribution is -0.133. The van der Waals surface area contributed by atoms with Crippen molar-refractivity contribution in [2.24, 2.45) is 0 Å². The van der Waals surface area contributed by atoms with Crippen LogP contribution in [0, 0.1) is 0 Å². The zero-order valence-electron chi connectivity index (χ0n) is 42.1. The summed E-state index contributed by atoms with van der Waals surface area (Å²) in [6.07, 6.45) is 1.34. The van der Waals surface area contributed by atoms with Crippen LogP contribution in [0.25, 0.3) is 0 Å². The van der Waals surface area contributed by atoms with Crippen molar-refractivity contribution in [3.63, 3.8) is 0 Å². The first-order chi connectivity index (χ1) is 29.7. The molecule has 1 aliphatic carbocycles. The number of aromatic hydroxyl groups is 2. The normalized spacial score (nSPS) is 13.4. The van der Waals surface area contributed by atoms with Crippen LogP contribution in [0.2, 0.25) is 0 Å². The molecule has 5 rings (SSSR count). The lowest BCUT2D eigenvalue weighted by atomic mass is 9.79. The number of carbonyl (C=O) groups is 2. The van der Waals surface area contributed by atoms with E-state index in [0.717, 1.165) is 66.8 Å². The van der Waals surface area contributed by atoms with Crippen molar-refractivity contribution in [2.75, 3.05) is 39.4 Å². The van der Waals surface area contributed by atoms with Gasteiger partial charge < -0.3 is 29.5 Å². The molecular weight excluding hydrogens is 797 g/mol. The van der Waals surface area contributed by atoms with Crippen molar-refractivity contribution in [1.82, 2.24) is 9.80 Å². The molecular formula is C56H78N2O6. The Morgan fingerprint density at radius 2 is 0.625 bits per heavy atom. The molecule has 8 nitrogen and oxygen atoms in total. The van der Waals surface area contributed by atoms with Crippen LogP contribution in [0.4, 0.5) is 0 Å². The number of hydrogen-bond donors (Lipinski definition) is 2. The number of rotatable bonds is 10. The van der Waals surface area contributed by atoms with Crippen LogP contribution in [0.1, 0.15) is 178 Å². The molecule has 8 heteroatoms. The zero-order chi connectivity index (χ0) is 47.7. The Kier molecular flexibility index (Phi) is 15.0. The van der Waals surface area contributed by atoms with Crippen molar-refractivity contribution in [1.29, 1.82) is 0 Å². The lowest BCUT2D eigenvalue weighted by Gasteiger charge is -2.28. The second-order valence-electron chi connectivity index (χ2n) is 21.9. The largest absolute Gasteiger partial charge is 0.507 e. The smallest absolute Gasteiger partial charge is 0.260 e. The topological polar surface area (TPSA) is 99.5 Å². The molecule has 0 saturated heterocycles. The van der Waals surface area contributed by atoms with Gasteiger partial charge >= 0.3 is 0 Å². The molecule has 0 fully saturated rings. The summed E-state index contributed by atoms with van der Waals surface area (Å²) < 4.78 is 13.6. The van der Waals surface area contributed by atoms with Gasteiger partial charge in [-0.1, -0.05) is 132 Å². The van der Waals surface area contributed by atoms with Crippen LogP contribution >= 0.6 is 0 Å². The van der Waals surface area contributed by atoms with Crippen molar-refractivity contribution >= 4 is 11.8 Å². The van der Waals surface area contributed by atoms with E-state index < -0.39 is 0 Å². The molecule has 0 unspecified atom stereocenters. The minimum absolute atomic E-state index is 0.102. The van der Waals surface area contributed by atoms with Gasteiger partial charge in [0.25, 0.3) is 11.8 Å². The number of phenolic OH excluding ortho intramolecular Hbond substituents is 2. The Hall–Kier alpha value is -4.98. The quantitative estimate of drug-likeness (QED) is 0.145. The summed E-state index contributed by atoms with van der Waals surface area (Å²) in [6.45, 7) is 36.1. The number of nitrogens with zero attached hydrogens (tertiary/aromatic N) is 2. The second-order valence-corrected chi connectivity index (χ2v) is 21.9. The summed E-state index contributed by atoms with van der Waals surface area (Å²) in [5.74, 6) is 1.37. The minimum atomic E-state index is -0.265. The molecule has 0 heterocycles. The Labute approximate surface area is 385 Å². The van der Waals surface area contributed by atoms with Gasteiger partial charge in [0.1, 0.15) is 23.0 Å². The van der Waals surface area contributed by atoms with Gasteiger partial charge in [-0.05, 0) is 116 Å². The standard InChI is InChI=1S/C56H78N2O6/c1-17-57(18-2)47(59)33-63-51-39-22-37-27-43(53(5,6)7)25-35(49(37)61)21-36-26-44(54(8,9)10)28-38(50(36)62)23-40-30-46(56(14,15)16)32-42(24-41(51)31-45(29-39)55(11,12)13)52(40)64-34-48(60)58(19-3)20-4/h25-32,61-62H,17-24,33-34H2,1-16H3. The molecule has 64 heavy (non-hydrogen) atoms. The van der Waals surface area contributed by atoms with Gasteiger partial charge in [-0.2, -0.15) is 0 Å². The Morgan fingerprint density at radius 3 is 0.844 bits per heavy atom. The highest BCUT2D eigenvalue weighted by molar-refractivity contribution is 5.78. The fraction of sp³-hybridized carbons (Fsp3) is 0.536. The SMILES string of the molecule is CCN(CC)C(=O)COc1c2cc(C(C)(C)C)cc1Cc1cc(C(C)(C)C)cc(c1OCC(=O)N(CC)CC)Cc1cc(C(C)(C)C)cc(c1O)Cc1cc(C(C)(C)C)cc(c1O)C2. The van der Waals surface area contributed by atoms with E-state index in [2.05, 4.69) is 132 Å². The third-order valence-corrected chi connectivity index (χ3v) is 12.9. The highest BCUT2D eigenvalue weighted by Crippen LogP contribution is 2.44. The van der Waals surface area contributed by atoms with Crippen molar-refractivity contribution < 1.29 is 29.3 Å². The number of hydrogen-bond acceptors (Lipinski definition) is 6. The number of fused-ring (bicyclic) bond motifs is 8. The first-order valence-electron chi connectivity index (χ1n) is 23.5. The third kappa shape index (κ3) is 11.4. The highest BCUT2D eigenvalue weighted by atomic mass is 16.5. The maximum absolute atomic E-state index is 13.7. The van der Waals surface area contributed by atoms with E-state index in [-0.39, 0.29) is 58.2 Å². The van der Waals surface area contributed by atoms with Crippen LogP contribution in [0.15, 0.2) is 48.5 Å². The van der Waals surface area contributed by atoms with Gasteiger partial charge in [0.15, 0.2) is 13.2 Å². The first-order valence-corrected chi connectivity index (χ1v) is 23.5. The van der Waals surface area contributed by atoms with Gasteiger partial charge in [-0.25, -0.2) is 0 Å². The molecule has 0 atom stereocenters. The molecule has 0 spiro atoms. The Bertz CT molecular complexity index is 2180. The second kappa shape index (κ2) is 19.2. The van der Waals surface area contributed by atoms with Crippen molar-refractivity contribution in [3.8, 4) is 23.0 Å². The third-order valence-electron chi connectivity index (χ3n) is 12.9. The van der Waals surface area contributed by atoms with E-state index in [4.69, 9.17) is 9.47 Å². The Morgan fingerprint density at radius 1 is 0.422 bits per heavy atom. The van der Waals surface area contributed by atoms with Crippen LogP contribution in [0.3, 0.4) is 0 Å². The van der Waals surface area contributed by atoms with Crippen molar-refractivity contribution in [2.45, 2.75) is 158 Å². The predicted molar refractivity (Wildman–Crippen MR) is 262 cm³/mol. The zero-order valence-corrected chi connectivity index (χ0v) is 42.1. The maximum atomic E-state index is 13.7. The molecule has 8 bridgehead atoms. The molecule has 4 aromatic rings. The molecule has 0 aliphatic heterocycles. The van der Waals surface area contributed by atoms with Gasteiger partial charge in [0.2, 0.25) is 0 Å². The predicted octanol–water partition coefficient (Wildman–Crippen LogP) is 11.5. The minimum Gasteiger partial charge on any atom is -0.507 e. The molecule has 2 amide bonds. The van der Waals surface area contributed by atoms with Gasteiger partial charge in [0.05, 0.1) is 0 Å². The van der Waals surface area contributed by atoms with E-state index in [9.17, 15) is 19.8 Å². The summed E-state index contributed by atoms with van der Waals surface area (Å²) in [6, 6.07) is 17.1. The number of amides is 2. The van der Waals surface area contributed by atoms with E-state index in [0.29, 0.717) is 63.4 Å². The van der Waals surface area contributed by atoms with Gasteiger partial charge in [-0.15, -0.1) is 0 Å². The fourth-order valence-electron chi connectivity index (χ4n) is 8.62. The molecule has 0 aromatic heterocycles. The maximum Gasteiger partial charge on any atom is 0.260 e. The summed E-state index contributed by atoms with van der Waals surface area (Å²) in [4.78, 5) is 31.0. The molecule has 1 aliphatic rings. The molecule has 0 radical (unpaired) electrons. The van der Waals surface area contributed by atoms with Gasteiger partial charge in [0, 0.05) is 51.9 Å². The van der Waals surface area contributed by atoms with Crippen LogP contribution in [0.5, 0.6) is 23.0 Å². The number of ether oxygens (including phenoxy) is 2. The number of phenols is 2. The lowest BCUT2D eigenvalue weighted by Crippen LogP contribution is -2.34. The van der Waals surface area contributed by atoms with E-state index in [1.54, 1.807) is 9.80 Å². The van der Waals surface area contributed by atoms with Gasteiger partial charge in [-0.3, -0.25) is 9.59 Å². The fourth-order valence-corrected chi connectivity index (χ4v) is 8.62. The molecule has 2 N–H and O–H groups in total. The Balaban J connectivity index is 1.95. The van der Waals surface area contributed by atoms with E-state index >= 15 is 0 Å². The van der Waals surface area contributed by atoms with Crippen LogP contribution < -0.4 is 9.47 Å². The summed E-state index contributed by atoms with van der Waals surface area (Å²) in [5.41, 5.74) is 9.72. The summed E-state index contributed by atoms with van der Waals surface area (Å²) in [5, 5.41) is 24.8. The number of benzene rings is 4. The van der Waals surface area contributed by atoms with Crippen LogP contribution in [-0.4, -0.2) is 71.2 Å².